The Kier molecular flexibility index (Phi) is 4.37. The second-order valence-electron chi connectivity index (χ2n) is 6.16. The summed E-state index contributed by atoms with van der Waals surface area (Å²) in [4.78, 5) is 11.8. The van der Waals surface area contributed by atoms with Crippen molar-refractivity contribution in [3.63, 3.8) is 0 Å². The number of nitrogens with one attached hydrogen (secondary N) is 1. The lowest BCUT2D eigenvalue weighted by Gasteiger charge is -2.35. The Labute approximate surface area is 126 Å². The van der Waals surface area contributed by atoms with E-state index in [0.29, 0.717) is 6.04 Å². The number of hydrazine groups is 1. The van der Waals surface area contributed by atoms with E-state index in [0.717, 1.165) is 49.9 Å². The molecule has 3 rings (SSSR count). The van der Waals surface area contributed by atoms with Gasteiger partial charge in [-0.1, -0.05) is 0 Å². The molecular weight excluding hydrogens is 266 g/mol. The summed E-state index contributed by atoms with van der Waals surface area (Å²) in [5, 5.41) is 0. The van der Waals surface area contributed by atoms with Gasteiger partial charge in [0.1, 0.15) is 11.9 Å². The molecule has 1 aromatic rings. The summed E-state index contributed by atoms with van der Waals surface area (Å²) < 4.78 is 5.90. The second kappa shape index (κ2) is 6.25. The minimum atomic E-state index is -0.0551. The Morgan fingerprint density at radius 3 is 2.86 bits per heavy atom. The van der Waals surface area contributed by atoms with Gasteiger partial charge in [-0.15, -0.1) is 0 Å². The number of morpholine rings is 1. The highest BCUT2D eigenvalue weighted by Gasteiger charge is 2.27. The van der Waals surface area contributed by atoms with E-state index < -0.39 is 0 Å². The standard InChI is InChI=1S/C15H25N5O/c1-10(2)20-7-8-21-13(9-20)15-17-12-6-4-3-5-11(12)14(18-15)19-16/h10,13H,3-9,16H2,1-2H3,(H,17,18,19). The molecule has 0 radical (unpaired) electrons. The Bertz CT molecular complexity index is 488. The van der Waals surface area contributed by atoms with E-state index in [1.54, 1.807) is 0 Å². The van der Waals surface area contributed by atoms with Crippen molar-refractivity contribution in [2.24, 2.45) is 5.84 Å². The first-order chi connectivity index (χ1) is 10.2. The highest BCUT2D eigenvalue weighted by molar-refractivity contribution is 5.47. The third-order valence-electron chi connectivity index (χ3n) is 4.45. The van der Waals surface area contributed by atoms with E-state index in [9.17, 15) is 0 Å². The molecule has 0 spiro atoms. The van der Waals surface area contributed by atoms with E-state index in [-0.39, 0.29) is 6.10 Å². The fourth-order valence-corrected chi connectivity index (χ4v) is 3.17. The predicted octanol–water partition coefficient (Wildman–Crippen LogP) is 1.42. The van der Waals surface area contributed by atoms with E-state index >= 15 is 0 Å². The fraction of sp³-hybridized carbons (Fsp3) is 0.733. The predicted molar refractivity (Wildman–Crippen MR) is 81.9 cm³/mol. The average Bonchev–Trinajstić information content (AvgIpc) is 2.53. The van der Waals surface area contributed by atoms with E-state index in [1.807, 2.05) is 0 Å². The maximum atomic E-state index is 5.90. The van der Waals surface area contributed by atoms with Crippen LogP contribution in [0.3, 0.4) is 0 Å². The van der Waals surface area contributed by atoms with Crippen LogP contribution in [0.25, 0.3) is 0 Å². The van der Waals surface area contributed by atoms with Gasteiger partial charge in [-0.2, -0.15) is 0 Å². The molecule has 0 saturated carbocycles. The quantitative estimate of drug-likeness (QED) is 0.648. The zero-order valence-corrected chi connectivity index (χ0v) is 12.9. The van der Waals surface area contributed by atoms with Crippen molar-refractivity contribution in [2.45, 2.75) is 51.7 Å². The molecular formula is C15H25N5O. The van der Waals surface area contributed by atoms with E-state index in [2.05, 4.69) is 29.2 Å². The first kappa shape index (κ1) is 14.7. The number of aromatic nitrogens is 2. The summed E-state index contributed by atoms with van der Waals surface area (Å²) in [7, 11) is 0. The number of ether oxygens (including phenoxy) is 1. The minimum Gasteiger partial charge on any atom is -0.368 e. The Morgan fingerprint density at radius 2 is 2.10 bits per heavy atom. The van der Waals surface area contributed by atoms with Gasteiger partial charge in [-0.05, 0) is 39.5 Å². The van der Waals surface area contributed by atoms with Gasteiger partial charge in [0.15, 0.2) is 5.82 Å². The van der Waals surface area contributed by atoms with Gasteiger partial charge >= 0.3 is 0 Å². The van der Waals surface area contributed by atoms with Gasteiger partial charge in [0, 0.05) is 30.4 Å². The van der Waals surface area contributed by atoms with Crippen molar-refractivity contribution in [1.82, 2.24) is 14.9 Å². The summed E-state index contributed by atoms with van der Waals surface area (Å²) in [6.07, 6.45) is 4.35. The topological polar surface area (TPSA) is 76.3 Å². The van der Waals surface area contributed by atoms with Crippen LogP contribution in [0.5, 0.6) is 0 Å². The maximum absolute atomic E-state index is 5.90. The summed E-state index contributed by atoms with van der Waals surface area (Å²) in [5.74, 6) is 7.21. The molecule has 21 heavy (non-hydrogen) atoms. The largest absolute Gasteiger partial charge is 0.368 e. The molecule has 6 nitrogen and oxygen atoms in total. The van der Waals surface area contributed by atoms with Crippen LogP contribution in [0.4, 0.5) is 5.82 Å². The second-order valence-corrected chi connectivity index (χ2v) is 6.16. The van der Waals surface area contributed by atoms with Crippen LogP contribution in [0.1, 0.15) is 49.9 Å². The number of nitrogens with two attached hydrogens (primary N) is 1. The third kappa shape index (κ3) is 3.02. The summed E-state index contributed by atoms with van der Waals surface area (Å²) in [6, 6.07) is 0.515. The lowest BCUT2D eigenvalue weighted by atomic mass is 9.96. The Morgan fingerprint density at radius 1 is 1.29 bits per heavy atom. The zero-order chi connectivity index (χ0) is 14.8. The highest BCUT2D eigenvalue weighted by Crippen LogP contribution is 2.28. The first-order valence-electron chi connectivity index (χ1n) is 7.91. The van der Waals surface area contributed by atoms with Crippen molar-refractivity contribution in [1.29, 1.82) is 0 Å². The average molecular weight is 291 g/mol. The Balaban J connectivity index is 1.88. The molecule has 0 aromatic carbocycles. The number of hydrogen-bond acceptors (Lipinski definition) is 6. The number of aryl methyl sites for hydroxylation is 1. The lowest BCUT2D eigenvalue weighted by Crippen LogP contribution is -2.42. The van der Waals surface area contributed by atoms with Crippen molar-refractivity contribution >= 4 is 5.82 Å². The van der Waals surface area contributed by atoms with Crippen LogP contribution in [-0.2, 0) is 17.6 Å². The van der Waals surface area contributed by atoms with Crippen LogP contribution >= 0.6 is 0 Å². The van der Waals surface area contributed by atoms with Crippen LogP contribution in [0, 0.1) is 0 Å². The van der Waals surface area contributed by atoms with Gasteiger partial charge in [0.05, 0.1) is 6.61 Å². The first-order valence-corrected chi connectivity index (χ1v) is 7.91. The monoisotopic (exact) mass is 291 g/mol. The van der Waals surface area contributed by atoms with Crippen LogP contribution in [-0.4, -0.2) is 40.6 Å². The molecule has 3 N–H and O–H groups in total. The molecule has 1 atom stereocenters. The molecule has 2 heterocycles. The van der Waals surface area contributed by atoms with Crippen LogP contribution < -0.4 is 11.3 Å². The van der Waals surface area contributed by atoms with Crippen LogP contribution in [0.15, 0.2) is 0 Å². The number of hydrogen-bond donors (Lipinski definition) is 2. The number of anilines is 1. The fourth-order valence-electron chi connectivity index (χ4n) is 3.17. The molecule has 6 heteroatoms. The SMILES string of the molecule is CC(C)N1CCOC(c2nc3c(c(NN)n2)CCCC3)C1. The van der Waals surface area contributed by atoms with E-state index in [4.69, 9.17) is 15.6 Å². The maximum Gasteiger partial charge on any atom is 0.161 e. The number of nitrogens with zero attached hydrogens (tertiary/aromatic N) is 3. The summed E-state index contributed by atoms with van der Waals surface area (Å²) in [5.41, 5.74) is 5.08. The number of fused-ring (bicyclic) bond motifs is 1. The van der Waals surface area contributed by atoms with E-state index in [1.165, 1.54) is 18.4 Å². The molecule has 1 aliphatic heterocycles. The van der Waals surface area contributed by atoms with Gasteiger partial charge in [-0.3, -0.25) is 4.90 Å². The van der Waals surface area contributed by atoms with Gasteiger partial charge in [-0.25, -0.2) is 15.8 Å². The number of nitrogen functional groups attached to an aromatic ring is 1. The van der Waals surface area contributed by atoms with Crippen molar-refractivity contribution in [3.05, 3.63) is 17.1 Å². The van der Waals surface area contributed by atoms with Gasteiger partial charge in [0.25, 0.3) is 0 Å². The molecule has 1 aliphatic carbocycles. The smallest absolute Gasteiger partial charge is 0.161 e. The van der Waals surface area contributed by atoms with Gasteiger partial charge in [0.2, 0.25) is 0 Å². The normalized spacial score (nSPS) is 23.1. The van der Waals surface area contributed by atoms with Crippen molar-refractivity contribution < 1.29 is 4.74 Å². The summed E-state index contributed by atoms with van der Waals surface area (Å²) >= 11 is 0. The molecule has 1 fully saturated rings. The molecule has 0 amide bonds. The molecule has 1 aromatic heterocycles. The minimum absolute atomic E-state index is 0.0551. The molecule has 1 unspecified atom stereocenters. The van der Waals surface area contributed by atoms with Crippen molar-refractivity contribution in [2.75, 3.05) is 25.1 Å². The van der Waals surface area contributed by atoms with Crippen LogP contribution in [0.2, 0.25) is 0 Å². The number of rotatable bonds is 3. The molecule has 0 bridgehead atoms. The van der Waals surface area contributed by atoms with Gasteiger partial charge < -0.3 is 10.2 Å². The highest BCUT2D eigenvalue weighted by atomic mass is 16.5. The Hall–Kier alpha value is -1.24. The van der Waals surface area contributed by atoms with Crippen molar-refractivity contribution in [3.8, 4) is 0 Å². The zero-order valence-electron chi connectivity index (χ0n) is 12.9. The molecule has 116 valence electrons. The third-order valence-corrected chi connectivity index (χ3v) is 4.45. The molecule has 1 saturated heterocycles. The lowest BCUT2D eigenvalue weighted by molar-refractivity contribution is -0.0443. The summed E-state index contributed by atoms with van der Waals surface area (Å²) in [6.45, 7) is 6.97. The molecule has 2 aliphatic rings.